The molecular weight excluding hydrogens is 260 g/mol. The van der Waals surface area contributed by atoms with Gasteiger partial charge in [0.2, 0.25) is 10.0 Å². The van der Waals surface area contributed by atoms with Crippen LogP contribution in [0, 0.1) is 0 Å². The van der Waals surface area contributed by atoms with Crippen LogP contribution in [0.15, 0.2) is 0 Å². The number of nitrogens with zero attached hydrogens (tertiary/aromatic N) is 1. The molecule has 5 nitrogen and oxygen atoms in total. The Bertz CT molecular complexity index is 358. The van der Waals surface area contributed by atoms with Crippen molar-refractivity contribution < 1.29 is 12.6 Å². The molecule has 1 heterocycles. The van der Waals surface area contributed by atoms with Crippen molar-refractivity contribution in [2.45, 2.75) is 32.1 Å². The Hall–Kier alpha value is 0.0200. The third kappa shape index (κ3) is 4.31. The highest BCUT2D eigenvalue weighted by Gasteiger charge is 2.31. The minimum atomic E-state index is -3.24. The molecule has 0 saturated carbocycles. The van der Waals surface area contributed by atoms with Crippen LogP contribution in [0.5, 0.6) is 0 Å². The van der Waals surface area contributed by atoms with Gasteiger partial charge in [0.05, 0.1) is 5.25 Å². The van der Waals surface area contributed by atoms with E-state index in [-0.39, 0.29) is 6.04 Å². The summed E-state index contributed by atoms with van der Waals surface area (Å²) in [5.74, 6) is 0.924. The van der Waals surface area contributed by atoms with E-state index in [9.17, 15) is 12.6 Å². The third-order valence-corrected chi connectivity index (χ3v) is 6.36. The Morgan fingerprint density at radius 2 is 1.76 bits per heavy atom. The van der Waals surface area contributed by atoms with Crippen LogP contribution >= 0.6 is 0 Å². The predicted molar refractivity (Wildman–Crippen MR) is 71.0 cm³/mol. The molecule has 1 atom stereocenters. The zero-order chi connectivity index (χ0) is 13.1. The van der Waals surface area contributed by atoms with Crippen molar-refractivity contribution in [1.29, 1.82) is 0 Å². The molecule has 0 spiro atoms. The molecule has 102 valence electrons. The second kappa shape index (κ2) is 6.26. The molecule has 0 aromatic carbocycles. The lowest BCUT2D eigenvalue weighted by Crippen LogP contribution is -2.48. The summed E-state index contributed by atoms with van der Waals surface area (Å²) < 4.78 is 37.1. The molecule has 1 unspecified atom stereocenters. The molecule has 0 aromatic rings. The van der Waals surface area contributed by atoms with Crippen LogP contribution in [0.4, 0.5) is 0 Å². The van der Waals surface area contributed by atoms with Crippen LogP contribution in [0.3, 0.4) is 0 Å². The summed E-state index contributed by atoms with van der Waals surface area (Å²) in [6.45, 7) is 6.94. The Balaban J connectivity index is 2.57. The van der Waals surface area contributed by atoms with Crippen molar-refractivity contribution in [3.8, 4) is 0 Å². The van der Waals surface area contributed by atoms with Gasteiger partial charge < -0.3 is 5.32 Å². The van der Waals surface area contributed by atoms with Gasteiger partial charge in [-0.1, -0.05) is 13.8 Å². The van der Waals surface area contributed by atoms with Crippen LogP contribution in [0.1, 0.15) is 20.8 Å². The van der Waals surface area contributed by atoms with E-state index in [1.54, 1.807) is 6.92 Å². The molecule has 1 rings (SSSR count). The van der Waals surface area contributed by atoms with E-state index >= 15 is 0 Å². The number of rotatable bonds is 5. The average Bonchev–Trinajstić information content (AvgIpc) is 2.26. The Morgan fingerprint density at radius 3 is 2.24 bits per heavy atom. The average molecular weight is 282 g/mol. The van der Waals surface area contributed by atoms with Crippen LogP contribution in [0.25, 0.3) is 0 Å². The Morgan fingerprint density at radius 1 is 1.24 bits per heavy atom. The van der Waals surface area contributed by atoms with Gasteiger partial charge in [-0.3, -0.25) is 4.21 Å². The quantitative estimate of drug-likeness (QED) is 0.756. The van der Waals surface area contributed by atoms with Crippen LogP contribution in [-0.2, 0) is 20.8 Å². The predicted octanol–water partition coefficient (Wildman–Crippen LogP) is -0.233. The normalized spacial score (nSPS) is 21.9. The van der Waals surface area contributed by atoms with E-state index in [0.29, 0.717) is 31.1 Å². The minimum absolute atomic E-state index is 0.279. The lowest BCUT2D eigenvalue weighted by atomic mass is 10.3. The highest BCUT2D eigenvalue weighted by Crippen LogP contribution is 2.12. The number of hydrogen-bond acceptors (Lipinski definition) is 4. The summed E-state index contributed by atoms with van der Waals surface area (Å²) in [5.41, 5.74) is 0. The fraction of sp³-hybridized carbons (Fsp3) is 1.00. The molecular formula is C10H22N2O3S2. The monoisotopic (exact) mass is 282 g/mol. The molecule has 0 aliphatic carbocycles. The van der Waals surface area contributed by atoms with Crippen molar-refractivity contribution >= 4 is 20.8 Å². The second-order valence-corrected chi connectivity index (χ2v) is 8.71. The molecule has 1 aliphatic rings. The molecule has 1 aliphatic heterocycles. The first-order valence-electron chi connectivity index (χ1n) is 5.91. The van der Waals surface area contributed by atoms with Gasteiger partial charge in [0, 0.05) is 48.0 Å². The Kier molecular flexibility index (Phi) is 5.56. The summed E-state index contributed by atoms with van der Waals surface area (Å²) >= 11 is 0. The number of sulfonamides is 1. The van der Waals surface area contributed by atoms with Gasteiger partial charge in [-0.25, -0.2) is 8.42 Å². The molecule has 0 bridgehead atoms. The van der Waals surface area contributed by atoms with E-state index in [1.165, 1.54) is 4.31 Å². The van der Waals surface area contributed by atoms with Crippen LogP contribution in [-0.4, -0.2) is 59.4 Å². The van der Waals surface area contributed by atoms with Crippen LogP contribution in [0.2, 0.25) is 0 Å². The van der Waals surface area contributed by atoms with E-state index in [1.807, 2.05) is 13.8 Å². The van der Waals surface area contributed by atoms with Crippen molar-refractivity contribution in [3.05, 3.63) is 0 Å². The first-order valence-corrected chi connectivity index (χ1v) is 8.90. The van der Waals surface area contributed by atoms with Gasteiger partial charge in [0.25, 0.3) is 0 Å². The van der Waals surface area contributed by atoms with Crippen LogP contribution < -0.4 is 5.32 Å². The minimum Gasteiger partial charge on any atom is -0.313 e. The highest BCUT2D eigenvalue weighted by atomic mass is 32.2. The first-order chi connectivity index (χ1) is 7.84. The maximum absolute atomic E-state index is 12.2. The van der Waals surface area contributed by atoms with E-state index in [2.05, 4.69) is 5.32 Å². The number of nitrogens with one attached hydrogen (secondary N) is 1. The van der Waals surface area contributed by atoms with E-state index < -0.39 is 26.1 Å². The maximum Gasteiger partial charge on any atom is 0.218 e. The van der Waals surface area contributed by atoms with Crippen molar-refractivity contribution in [3.63, 3.8) is 0 Å². The van der Waals surface area contributed by atoms with Gasteiger partial charge in [-0.15, -0.1) is 0 Å². The summed E-state index contributed by atoms with van der Waals surface area (Å²) in [6, 6.07) is 0.279. The molecule has 1 fully saturated rings. The second-order valence-electron chi connectivity index (χ2n) is 4.67. The highest BCUT2D eigenvalue weighted by molar-refractivity contribution is 7.90. The molecule has 0 aromatic heterocycles. The molecule has 17 heavy (non-hydrogen) atoms. The molecule has 1 saturated heterocycles. The fourth-order valence-electron chi connectivity index (χ4n) is 1.64. The first kappa shape index (κ1) is 15.1. The zero-order valence-electron chi connectivity index (χ0n) is 10.7. The van der Waals surface area contributed by atoms with Gasteiger partial charge >= 0.3 is 0 Å². The lowest BCUT2D eigenvalue weighted by molar-refractivity contribution is 0.426. The molecule has 1 N–H and O–H groups in total. The van der Waals surface area contributed by atoms with Gasteiger partial charge in [0.1, 0.15) is 0 Å². The van der Waals surface area contributed by atoms with Gasteiger partial charge in [0.15, 0.2) is 0 Å². The van der Waals surface area contributed by atoms with Gasteiger partial charge in [-0.05, 0) is 6.92 Å². The molecule has 0 amide bonds. The Labute approximate surface area is 106 Å². The SMILES string of the molecule is CC(C)NCC(C)S(=O)(=O)N1CCS(=O)CC1. The topological polar surface area (TPSA) is 66.5 Å². The van der Waals surface area contributed by atoms with Crippen molar-refractivity contribution in [2.75, 3.05) is 31.1 Å². The van der Waals surface area contributed by atoms with Crippen molar-refractivity contribution in [2.24, 2.45) is 0 Å². The summed E-state index contributed by atoms with van der Waals surface area (Å²) in [6.07, 6.45) is 0. The molecule has 0 radical (unpaired) electrons. The summed E-state index contributed by atoms with van der Waals surface area (Å²) in [7, 11) is -4.09. The largest absolute Gasteiger partial charge is 0.313 e. The van der Waals surface area contributed by atoms with E-state index in [0.717, 1.165) is 0 Å². The summed E-state index contributed by atoms with van der Waals surface area (Å²) in [4.78, 5) is 0. The van der Waals surface area contributed by atoms with Crippen molar-refractivity contribution in [1.82, 2.24) is 9.62 Å². The lowest BCUT2D eigenvalue weighted by Gasteiger charge is -2.28. The fourth-order valence-corrected chi connectivity index (χ4v) is 4.43. The van der Waals surface area contributed by atoms with E-state index in [4.69, 9.17) is 0 Å². The summed E-state index contributed by atoms with van der Waals surface area (Å²) in [5, 5.41) is 2.70. The standard InChI is InChI=1S/C10H22N2O3S2/c1-9(2)11-8-10(3)17(14,15)12-4-6-16(13)7-5-12/h9-11H,4-8H2,1-3H3. The third-order valence-electron chi connectivity index (χ3n) is 2.82. The molecule has 7 heteroatoms. The smallest absolute Gasteiger partial charge is 0.218 e. The zero-order valence-corrected chi connectivity index (χ0v) is 12.3. The van der Waals surface area contributed by atoms with Gasteiger partial charge in [-0.2, -0.15) is 4.31 Å². The number of hydrogen-bond donors (Lipinski definition) is 1. The maximum atomic E-state index is 12.2.